The van der Waals surface area contributed by atoms with E-state index in [-0.39, 0.29) is 6.54 Å². The lowest BCUT2D eigenvalue weighted by Crippen LogP contribution is -2.35. The molecule has 0 aliphatic carbocycles. The van der Waals surface area contributed by atoms with Gasteiger partial charge in [0.1, 0.15) is 5.82 Å². The van der Waals surface area contributed by atoms with Crippen LogP contribution in [0, 0.1) is 5.82 Å². The van der Waals surface area contributed by atoms with E-state index in [0.29, 0.717) is 23.4 Å². The molecule has 8 heteroatoms. The fourth-order valence-electron chi connectivity index (χ4n) is 2.65. The van der Waals surface area contributed by atoms with Crippen LogP contribution in [0.3, 0.4) is 0 Å². The normalized spacial score (nSPS) is 13.9. The van der Waals surface area contributed by atoms with E-state index in [1.165, 1.54) is 18.2 Å². The molecule has 0 fully saturated rings. The Hall–Kier alpha value is -2.71. The zero-order chi connectivity index (χ0) is 18.0. The molecular formula is C17H16FN3O3S. The first-order chi connectivity index (χ1) is 11.8. The predicted octanol–water partition coefficient (Wildman–Crippen LogP) is 2.04. The van der Waals surface area contributed by atoms with Crippen molar-refractivity contribution < 1.29 is 17.6 Å². The summed E-state index contributed by atoms with van der Waals surface area (Å²) in [5.74, 6) is -0.878. The lowest BCUT2D eigenvalue weighted by molar-refractivity contribution is -0.111. The number of hydrogen-bond acceptors (Lipinski definition) is 3. The van der Waals surface area contributed by atoms with Crippen LogP contribution in [-0.4, -0.2) is 20.9 Å². The summed E-state index contributed by atoms with van der Waals surface area (Å²) < 4.78 is 37.8. The van der Waals surface area contributed by atoms with Crippen LogP contribution < -0.4 is 14.8 Å². The van der Waals surface area contributed by atoms with Crippen molar-refractivity contribution in [1.82, 2.24) is 0 Å². The van der Waals surface area contributed by atoms with Crippen molar-refractivity contribution in [2.75, 3.05) is 16.2 Å². The average molecular weight is 361 g/mol. The molecule has 0 saturated carbocycles. The monoisotopic (exact) mass is 361 g/mol. The number of carbonyl (C=O) groups is 1. The Morgan fingerprint density at radius 3 is 2.72 bits per heavy atom. The summed E-state index contributed by atoms with van der Waals surface area (Å²) in [5, 5.41) is 7.82. The summed E-state index contributed by atoms with van der Waals surface area (Å²) in [6.45, 7) is 0.277. The Kier molecular flexibility index (Phi) is 4.56. The van der Waals surface area contributed by atoms with Gasteiger partial charge in [-0.15, -0.1) is 0 Å². The lowest BCUT2D eigenvalue weighted by Gasteiger charge is -2.16. The molecule has 1 aliphatic rings. The van der Waals surface area contributed by atoms with E-state index in [9.17, 15) is 17.6 Å². The van der Waals surface area contributed by atoms with E-state index in [1.807, 2.05) is 0 Å². The SMILES string of the molecule is NS(=O)(=O)N1CCc2ccc(NC(=O)/C=C\c3ccccc3F)cc21. The number of halogens is 1. The number of carbonyl (C=O) groups excluding carboxylic acids is 1. The number of hydrogen-bond donors (Lipinski definition) is 2. The van der Waals surface area contributed by atoms with Crippen molar-refractivity contribution in [2.24, 2.45) is 5.14 Å². The van der Waals surface area contributed by atoms with Crippen LogP contribution in [0.15, 0.2) is 48.5 Å². The smallest absolute Gasteiger partial charge is 0.299 e. The molecule has 0 unspecified atom stereocenters. The number of nitrogens with two attached hydrogens (primary N) is 1. The average Bonchev–Trinajstić information content (AvgIpc) is 2.97. The highest BCUT2D eigenvalue weighted by Gasteiger charge is 2.26. The van der Waals surface area contributed by atoms with Gasteiger partial charge in [-0.2, -0.15) is 8.42 Å². The van der Waals surface area contributed by atoms with Crippen molar-refractivity contribution in [1.29, 1.82) is 0 Å². The Balaban J connectivity index is 1.76. The Morgan fingerprint density at radius 2 is 2.00 bits per heavy atom. The lowest BCUT2D eigenvalue weighted by atomic mass is 10.1. The quantitative estimate of drug-likeness (QED) is 0.816. The summed E-state index contributed by atoms with van der Waals surface area (Å²) in [6.07, 6.45) is 3.14. The molecule has 1 amide bonds. The molecule has 3 rings (SSSR count). The summed E-state index contributed by atoms with van der Waals surface area (Å²) in [6, 6.07) is 11.1. The third-order valence-corrected chi connectivity index (χ3v) is 4.83. The minimum absolute atomic E-state index is 0.277. The zero-order valence-corrected chi connectivity index (χ0v) is 14.0. The second-order valence-corrected chi connectivity index (χ2v) is 7.03. The topological polar surface area (TPSA) is 92.5 Å². The molecule has 1 aliphatic heterocycles. The van der Waals surface area contributed by atoms with Gasteiger partial charge in [0, 0.05) is 23.9 Å². The first-order valence-electron chi connectivity index (χ1n) is 7.51. The molecule has 0 radical (unpaired) electrons. The van der Waals surface area contributed by atoms with Gasteiger partial charge >= 0.3 is 0 Å². The fourth-order valence-corrected chi connectivity index (χ4v) is 3.44. The molecular weight excluding hydrogens is 345 g/mol. The van der Waals surface area contributed by atoms with Crippen LogP contribution in [0.2, 0.25) is 0 Å². The minimum Gasteiger partial charge on any atom is -0.322 e. The standard InChI is InChI=1S/C17H16FN3O3S/c18-15-4-2-1-3-12(15)6-8-17(22)20-14-7-5-13-9-10-21(16(13)11-14)25(19,23)24/h1-8,11H,9-10H2,(H,20,22)(H2,19,23,24)/b8-6-. The molecule has 0 atom stereocenters. The van der Waals surface area contributed by atoms with E-state index in [1.54, 1.807) is 36.4 Å². The summed E-state index contributed by atoms with van der Waals surface area (Å²) in [7, 11) is -3.85. The van der Waals surface area contributed by atoms with Crippen molar-refractivity contribution in [3.8, 4) is 0 Å². The molecule has 2 aromatic rings. The predicted molar refractivity (Wildman–Crippen MR) is 94.7 cm³/mol. The van der Waals surface area contributed by atoms with E-state index < -0.39 is 21.9 Å². The van der Waals surface area contributed by atoms with Crippen LogP contribution in [0.5, 0.6) is 0 Å². The Bertz CT molecular complexity index is 957. The van der Waals surface area contributed by atoms with Crippen molar-refractivity contribution in [3.05, 3.63) is 65.5 Å². The molecule has 0 aromatic heterocycles. The number of nitrogens with one attached hydrogen (secondary N) is 1. The van der Waals surface area contributed by atoms with Gasteiger partial charge in [-0.3, -0.25) is 9.10 Å². The van der Waals surface area contributed by atoms with Crippen LogP contribution in [0.1, 0.15) is 11.1 Å². The van der Waals surface area contributed by atoms with Crippen LogP contribution in [0.4, 0.5) is 15.8 Å². The number of fused-ring (bicyclic) bond motifs is 1. The Morgan fingerprint density at radius 1 is 1.24 bits per heavy atom. The van der Waals surface area contributed by atoms with Gasteiger partial charge in [0.25, 0.3) is 10.2 Å². The van der Waals surface area contributed by atoms with Gasteiger partial charge < -0.3 is 5.32 Å². The van der Waals surface area contributed by atoms with E-state index in [0.717, 1.165) is 9.87 Å². The van der Waals surface area contributed by atoms with Crippen LogP contribution >= 0.6 is 0 Å². The molecule has 2 aromatic carbocycles. The minimum atomic E-state index is -3.85. The highest BCUT2D eigenvalue weighted by Crippen LogP contribution is 2.32. The van der Waals surface area contributed by atoms with E-state index >= 15 is 0 Å². The molecule has 0 saturated heterocycles. The molecule has 0 spiro atoms. The maximum Gasteiger partial charge on any atom is 0.299 e. The van der Waals surface area contributed by atoms with Crippen LogP contribution in [-0.2, 0) is 21.4 Å². The molecule has 1 heterocycles. The molecule has 6 nitrogen and oxygen atoms in total. The molecule has 130 valence electrons. The number of amides is 1. The maximum absolute atomic E-state index is 13.5. The summed E-state index contributed by atoms with van der Waals surface area (Å²) in [5.41, 5.74) is 2.02. The van der Waals surface area contributed by atoms with Crippen molar-refractivity contribution in [2.45, 2.75) is 6.42 Å². The second-order valence-electron chi connectivity index (χ2n) is 5.55. The summed E-state index contributed by atoms with van der Waals surface area (Å²) >= 11 is 0. The van der Waals surface area contributed by atoms with E-state index in [4.69, 9.17) is 5.14 Å². The van der Waals surface area contributed by atoms with Crippen molar-refractivity contribution in [3.63, 3.8) is 0 Å². The first-order valence-corrected chi connectivity index (χ1v) is 9.02. The highest BCUT2D eigenvalue weighted by atomic mass is 32.2. The van der Waals surface area contributed by atoms with Crippen molar-refractivity contribution >= 4 is 33.6 Å². The third-order valence-electron chi connectivity index (χ3n) is 3.83. The molecule has 3 N–H and O–H groups in total. The third kappa shape index (κ3) is 3.86. The molecule has 0 bridgehead atoms. The Labute approximate surface area is 144 Å². The number of nitrogens with zero attached hydrogens (tertiary/aromatic N) is 1. The fraction of sp³-hybridized carbons (Fsp3) is 0.118. The largest absolute Gasteiger partial charge is 0.322 e. The number of rotatable bonds is 4. The highest BCUT2D eigenvalue weighted by molar-refractivity contribution is 7.90. The maximum atomic E-state index is 13.5. The second kappa shape index (κ2) is 6.66. The number of benzene rings is 2. The van der Waals surface area contributed by atoms with Gasteiger partial charge in [0.15, 0.2) is 0 Å². The van der Waals surface area contributed by atoms with Gasteiger partial charge in [-0.25, -0.2) is 9.53 Å². The molecule has 25 heavy (non-hydrogen) atoms. The van der Waals surface area contributed by atoms with E-state index in [2.05, 4.69) is 5.32 Å². The van der Waals surface area contributed by atoms with Crippen LogP contribution in [0.25, 0.3) is 6.08 Å². The summed E-state index contributed by atoms with van der Waals surface area (Å²) in [4.78, 5) is 12.0. The first kappa shape index (κ1) is 17.1. The van der Waals surface area contributed by atoms with Gasteiger partial charge in [0.05, 0.1) is 5.69 Å². The zero-order valence-electron chi connectivity index (χ0n) is 13.1. The van der Waals surface area contributed by atoms with Gasteiger partial charge in [0.2, 0.25) is 5.91 Å². The van der Waals surface area contributed by atoms with Gasteiger partial charge in [-0.05, 0) is 36.3 Å². The number of anilines is 2. The van der Waals surface area contributed by atoms with Gasteiger partial charge in [-0.1, -0.05) is 24.3 Å².